The molecule has 2 amide bonds. The van der Waals surface area contributed by atoms with Gasteiger partial charge in [-0.05, 0) is 52.9 Å². The lowest BCUT2D eigenvalue weighted by Crippen LogP contribution is -2.22. The van der Waals surface area contributed by atoms with Gasteiger partial charge in [0.15, 0.2) is 5.75 Å². The molecule has 14 heteroatoms. The molecule has 4 N–H and O–H groups in total. The maximum absolute atomic E-state index is 13.4. The van der Waals surface area contributed by atoms with Crippen LogP contribution >= 0.6 is 7.37 Å². The molecule has 5 aromatic rings. The minimum absolute atomic E-state index is 0.0247. The average molecular weight is 747 g/mol. The van der Waals surface area contributed by atoms with Gasteiger partial charge in [0.1, 0.15) is 17.2 Å². The number of nitrogens with zero attached hydrogens (tertiary/aromatic N) is 1. The van der Waals surface area contributed by atoms with Crippen molar-refractivity contribution < 1.29 is 36.9 Å². The largest absolute Gasteiger partial charge is 0.496 e. The van der Waals surface area contributed by atoms with E-state index in [9.17, 15) is 22.7 Å². The van der Waals surface area contributed by atoms with Gasteiger partial charge in [-0.2, -0.15) is 0 Å². The van der Waals surface area contributed by atoms with Gasteiger partial charge in [-0.1, -0.05) is 57.2 Å². The highest BCUT2D eigenvalue weighted by molar-refractivity contribution is 7.92. The molecule has 1 atom stereocenters. The van der Waals surface area contributed by atoms with E-state index in [1.165, 1.54) is 20.9 Å². The minimum atomic E-state index is -3.64. The molecule has 274 valence electrons. The van der Waals surface area contributed by atoms with E-state index in [0.29, 0.717) is 40.6 Å². The molecule has 52 heavy (non-hydrogen) atoms. The van der Waals surface area contributed by atoms with Crippen LogP contribution in [0.2, 0.25) is 0 Å². The number of nitrogens with one attached hydrogen (secondary N) is 3. The predicted molar refractivity (Wildman–Crippen MR) is 206 cm³/mol. The number of benzene rings is 4. The third-order valence-corrected chi connectivity index (χ3v) is 9.57. The number of pyridine rings is 1. The molecule has 1 heterocycles. The summed E-state index contributed by atoms with van der Waals surface area (Å²) in [4.78, 5) is 27.8. The van der Waals surface area contributed by atoms with Gasteiger partial charge >= 0.3 is 6.03 Å². The van der Waals surface area contributed by atoms with Crippen LogP contribution in [0, 0.1) is 0 Å². The molecular formula is C38H43N4O8PS. The van der Waals surface area contributed by atoms with Gasteiger partial charge in [-0.3, -0.25) is 14.3 Å². The van der Waals surface area contributed by atoms with Gasteiger partial charge in [0.2, 0.25) is 17.4 Å². The van der Waals surface area contributed by atoms with Crippen molar-refractivity contribution in [3.8, 4) is 23.0 Å². The van der Waals surface area contributed by atoms with E-state index in [1.807, 2.05) is 63.2 Å². The van der Waals surface area contributed by atoms with Crippen molar-refractivity contribution in [2.45, 2.75) is 38.8 Å². The van der Waals surface area contributed by atoms with Crippen LogP contribution in [0.25, 0.3) is 10.8 Å². The van der Waals surface area contributed by atoms with Crippen LogP contribution in [0.4, 0.5) is 21.9 Å². The van der Waals surface area contributed by atoms with Crippen molar-refractivity contribution in [2.24, 2.45) is 0 Å². The van der Waals surface area contributed by atoms with Crippen molar-refractivity contribution in [2.75, 3.05) is 42.5 Å². The summed E-state index contributed by atoms with van der Waals surface area (Å²) in [5.74, 6) is 1.84. The number of aromatic nitrogens is 1. The third kappa shape index (κ3) is 9.81. The lowest BCUT2D eigenvalue weighted by Gasteiger charge is -2.24. The van der Waals surface area contributed by atoms with Crippen LogP contribution in [0.5, 0.6) is 23.0 Å². The Morgan fingerprint density at radius 2 is 1.56 bits per heavy atom. The van der Waals surface area contributed by atoms with Gasteiger partial charge < -0.3 is 29.7 Å². The van der Waals surface area contributed by atoms with Gasteiger partial charge in [-0.25, -0.2) is 13.2 Å². The number of rotatable bonds is 12. The fourth-order valence-electron chi connectivity index (χ4n) is 5.69. The molecule has 4 aromatic carbocycles. The van der Waals surface area contributed by atoms with E-state index in [0.717, 1.165) is 33.8 Å². The molecule has 0 saturated carbocycles. The third-order valence-electron chi connectivity index (χ3n) is 8.05. The molecule has 0 aliphatic rings. The highest BCUT2D eigenvalue weighted by Crippen LogP contribution is 2.43. The van der Waals surface area contributed by atoms with Crippen molar-refractivity contribution in [1.29, 1.82) is 0 Å². The Hall–Kier alpha value is -5.10. The first-order chi connectivity index (χ1) is 24.4. The number of sulfonamides is 1. The summed E-state index contributed by atoms with van der Waals surface area (Å²) in [5.41, 5.74) is 3.77. The van der Waals surface area contributed by atoms with Gasteiger partial charge in [0, 0.05) is 47.4 Å². The normalized spacial score (nSPS) is 12.8. The smallest absolute Gasteiger partial charge is 0.323 e. The van der Waals surface area contributed by atoms with E-state index in [-0.39, 0.29) is 23.0 Å². The van der Waals surface area contributed by atoms with Gasteiger partial charge in [0.05, 0.1) is 43.7 Å². The van der Waals surface area contributed by atoms with Crippen LogP contribution in [-0.4, -0.2) is 51.5 Å². The second-order valence-electron chi connectivity index (χ2n) is 13.6. The number of carbonyl (C=O) groups excluding carboxylic acids is 1. The van der Waals surface area contributed by atoms with Crippen LogP contribution in [0.1, 0.15) is 43.2 Å². The Morgan fingerprint density at radius 1 is 0.865 bits per heavy atom. The lowest BCUT2D eigenvalue weighted by molar-refractivity contribution is 0.262. The zero-order chi connectivity index (χ0) is 37.8. The Morgan fingerprint density at radius 3 is 2.21 bits per heavy atom. The molecule has 0 radical (unpaired) electrons. The van der Waals surface area contributed by atoms with E-state index >= 15 is 0 Å². The monoisotopic (exact) mass is 746 g/mol. The quantitative estimate of drug-likeness (QED) is 0.0919. The number of hydrogen-bond acceptors (Lipinski definition) is 8. The highest BCUT2D eigenvalue weighted by Gasteiger charge is 2.23. The molecule has 0 spiro atoms. The number of fused-ring (bicyclic) bond motifs is 1. The van der Waals surface area contributed by atoms with Gasteiger partial charge in [-0.15, -0.1) is 0 Å². The second-order valence-corrected chi connectivity index (χ2v) is 17.7. The van der Waals surface area contributed by atoms with Gasteiger partial charge in [0.25, 0.3) is 0 Å². The van der Waals surface area contributed by atoms with Crippen molar-refractivity contribution in [1.82, 2.24) is 4.98 Å². The second kappa shape index (κ2) is 15.2. The summed E-state index contributed by atoms with van der Waals surface area (Å²) in [6, 6.07) is 23.0. The highest BCUT2D eigenvalue weighted by atomic mass is 32.2. The lowest BCUT2D eigenvalue weighted by atomic mass is 9.86. The Bertz CT molecular complexity index is 2280. The summed E-state index contributed by atoms with van der Waals surface area (Å²) in [6.45, 7) is 7.27. The molecule has 0 aliphatic heterocycles. The van der Waals surface area contributed by atoms with Crippen LogP contribution < -0.4 is 29.6 Å². The fourth-order valence-corrected chi connectivity index (χ4v) is 7.14. The molecule has 12 nitrogen and oxygen atoms in total. The molecule has 1 unspecified atom stereocenters. The molecular weight excluding hydrogens is 703 g/mol. The van der Waals surface area contributed by atoms with Crippen LogP contribution in [-0.2, 0) is 32.6 Å². The van der Waals surface area contributed by atoms with Crippen molar-refractivity contribution in [3.05, 3.63) is 107 Å². The summed E-state index contributed by atoms with van der Waals surface area (Å²) in [6.07, 6.45) is 3.22. The molecule has 0 saturated heterocycles. The first kappa shape index (κ1) is 38.1. The number of hydrogen-bond donors (Lipinski definition) is 4. The average Bonchev–Trinajstić information content (AvgIpc) is 3.05. The molecule has 0 bridgehead atoms. The molecule has 0 aliphatic carbocycles. The van der Waals surface area contributed by atoms with E-state index < -0.39 is 23.4 Å². The summed E-state index contributed by atoms with van der Waals surface area (Å²) >= 11 is 0. The maximum atomic E-state index is 13.4. The summed E-state index contributed by atoms with van der Waals surface area (Å²) in [5, 5.41) is 7.23. The maximum Gasteiger partial charge on any atom is 0.323 e. The summed E-state index contributed by atoms with van der Waals surface area (Å²) < 4.78 is 56.1. The van der Waals surface area contributed by atoms with E-state index in [1.54, 1.807) is 42.6 Å². The number of methoxy groups -OCH3 is 2. The molecule has 0 fully saturated rings. The summed E-state index contributed by atoms with van der Waals surface area (Å²) in [7, 11) is -3.97. The zero-order valence-corrected chi connectivity index (χ0v) is 31.8. The van der Waals surface area contributed by atoms with E-state index in [2.05, 4.69) is 20.3 Å². The van der Waals surface area contributed by atoms with Crippen molar-refractivity contribution >= 4 is 51.3 Å². The SMILES string of the molecule is COc1cc(Cc2cc(Oc3ccc(NC(=O)Nc4cc(C(C)(C)C)cc(NS(C)(=O)=O)c4OC)c4ccccc34)ccn2)ccc1CP(C)(=O)O. The number of carbonyl (C=O) groups is 1. The number of urea groups is 1. The first-order valence-corrected chi connectivity index (χ1v) is 20.5. The Kier molecular flexibility index (Phi) is 11.2. The van der Waals surface area contributed by atoms with Crippen molar-refractivity contribution in [3.63, 3.8) is 0 Å². The zero-order valence-electron chi connectivity index (χ0n) is 30.1. The number of anilines is 3. The number of amides is 2. The van der Waals surface area contributed by atoms with Crippen LogP contribution in [0.3, 0.4) is 0 Å². The van der Waals surface area contributed by atoms with E-state index in [4.69, 9.17) is 14.2 Å². The Balaban J connectivity index is 1.37. The Labute approximate surface area is 304 Å². The minimum Gasteiger partial charge on any atom is -0.496 e. The molecule has 1 aromatic heterocycles. The van der Waals surface area contributed by atoms with Crippen LogP contribution in [0.15, 0.2) is 85.1 Å². The number of ether oxygens (including phenoxy) is 3. The predicted octanol–water partition coefficient (Wildman–Crippen LogP) is 8.35. The topological polar surface area (TPSA) is 165 Å². The first-order valence-electron chi connectivity index (χ1n) is 16.3. The standard InChI is InChI=1S/C38H43N4O8PS/c1-38(2,3)26-20-32(36(49-5)33(21-26)42-52(7,46)47)41-37(43)40-31-14-15-34(30-11-9-8-10-29(30)31)50-28-16-17-39-27(22-28)18-24-12-13-25(23-51(6,44)45)35(19-24)48-4/h8-17,19-22,42H,18,23H2,1-7H3,(H,44,45)(H2,40,41,43). The molecule has 5 rings (SSSR count). The fraction of sp³-hybridized carbons (Fsp3) is 0.263.